The molecule has 0 amide bonds. The van der Waals surface area contributed by atoms with Crippen molar-refractivity contribution in [3.05, 3.63) is 0 Å². The van der Waals surface area contributed by atoms with E-state index in [9.17, 15) is 9.90 Å². The molecule has 1 saturated heterocycles. The van der Waals surface area contributed by atoms with Crippen LogP contribution >= 0.6 is 0 Å². The van der Waals surface area contributed by atoms with Crippen molar-refractivity contribution in [3.8, 4) is 0 Å². The highest BCUT2D eigenvalue weighted by atomic mass is 16.5. The van der Waals surface area contributed by atoms with Crippen molar-refractivity contribution in [1.29, 1.82) is 0 Å². The van der Waals surface area contributed by atoms with E-state index >= 15 is 0 Å². The number of carbonyl (C=O) groups is 1. The molecule has 4 heteroatoms. The molecule has 2 N–H and O–H groups in total. The third-order valence-corrected chi connectivity index (χ3v) is 2.35. The maximum absolute atomic E-state index is 11.5. The molecule has 0 aliphatic carbocycles. The molecule has 0 saturated carbocycles. The molecular weight excluding hydrogens is 170 g/mol. The van der Waals surface area contributed by atoms with Gasteiger partial charge in [0.2, 0.25) is 0 Å². The van der Waals surface area contributed by atoms with Crippen molar-refractivity contribution >= 4 is 5.78 Å². The molecule has 1 unspecified atom stereocenters. The number of Topliss-reactive ketones (excluding diaryl/α,β-unsaturated/α-hetero) is 1. The van der Waals surface area contributed by atoms with Crippen LogP contribution in [-0.2, 0) is 9.53 Å². The zero-order valence-electron chi connectivity index (χ0n) is 7.95. The van der Waals surface area contributed by atoms with Gasteiger partial charge >= 0.3 is 0 Å². The molecule has 1 rings (SSSR count). The Morgan fingerprint density at radius 3 is 2.77 bits per heavy atom. The third-order valence-electron chi connectivity index (χ3n) is 2.35. The van der Waals surface area contributed by atoms with Gasteiger partial charge in [-0.2, -0.15) is 0 Å². The van der Waals surface area contributed by atoms with Gasteiger partial charge in [0.1, 0.15) is 6.10 Å². The van der Waals surface area contributed by atoms with Crippen molar-refractivity contribution in [1.82, 2.24) is 5.32 Å². The highest BCUT2D eigenvalue weighted by Gasteiger charge is 2.26. The fourth-order valence-corrected chi connectivity index (χ4v) is 1.55. The van der Waals surface area contributed by atoms with E-state index in [0.717, 1.165) is 12.8 Å². The van der Waals surface area contributed by atoms with Crippen molar-refractivity contribution in [3.63, 3.8) is 0 Å². The average Bonchev–Trinajstić information content (AvgIpc) is 2.18. The standard InChI is InChI=1S/C9H17NO3/c1-10-6-8(11)9(12)7-2-4-13-5-3-7/h7-8,10-11H,2-6H2,1H3. The number of ether oxygens (including phenoxy) is 1. The number of hydrogen-bond acceptors (Lipinski definition) is 4. The summed E-state index contributed by atoms with van der Waals surface area (Å²) >= 11 is 0. The van der Waals surface area contributed by atoms with E-state index in [-0.39, 0.29) is 11.7 Å². The lowest BCUT2D eigenvalue weighted by atomic mass is 9.92. The molecule has 1 aliphatic heterocycles. The Bertz CT molecular complexity index is 166. The number of rotatable bonds is 4. The van der Waals surface area contributed by atoms with E-state index in [2.05, 4.69) is 5.32 Å². The van der Waals surface area contributed by atoms with E-state index in [4.69, 9.17) is 4.74 Å². The molecule has 0 aromatic rings. The Hall–Kier alpha value is -0.450. The van der Waals surface area contributed by atoms with Crippen molar-refractivity contribution in [2.45, 2.75) is 18.9 Å². The first kappa shape index (κ1) is 10.6. The van der Waals surface area contributed by atoms with Gasteiger partial charge in [0.25, 0.3) is 0 Å². The number of ketones is 1. The molecule has 1 atom stereocenters. The number of nitrogens with one attached hydrogen (secondary N) is 1. The predicted molar refractivity (Wildman–Crippen MR) is 48.5 cm³/mol. The summed E-state index contributed by atoms with van der Waals surface area (Å²) in [6.07, 6.45) is 0.646. The molecule has 1 fully saturated rings. The summed E-state index contributed by atoms with van der Waals surface area (Å²) in [5, 5.41) is 12.2. The van der Waals surface area contributed by atoms with Crippen LogP contribution in [0.15, 0.2) is 0 Å². The summed E-state index contributed by atoms with van der Waals surface area (Å²) in [7, 11) is 1.72. The SMILES string of the molecule is CNCC(O)C(=O)C1CCOCC1. The van der Waals surface area contributed by atoms with Crippen LogP contribution < -0.4 is 5.32 Å². The molecule has 76 valence electrons. The van der Waals surface area contributed by atoms with Crippen LogP contribution in [0.3, 0.4) is 0 Å². The van der Waals surface area contributed by atoms with Crippen molar-refractivity contribution in [2.75, 3.05) is 26.8 Å². The Morgan fingerprint density at radius 2 is 2.23 bits per heavy atom. The van der Waals surface area contributed by atoms with Crippen LogP contribution in [0.2, 0.25) is 0 Å². The molecule has 0 bridgehead atoms. The Labute approximate surface area is 78.3 Å². The van der Waals surface area contributed by atoms with Gasteiger partial charge < -0.3 is 15.2 Å². The van der Waals surface area contributed by atoms with Gasteiger partial charge in [-0.15, -0.1) is 0 Å². The number of aliphatic hydroxyl groups is 1. The van der Waals surface area contributed by atoms with E-state index in [1.807, 2.05) is 0 Å². The Kier molecular flexibility index (Phi) is 4.35. The second-order valence-corrected chi connectivity index (χ2v) is 3.36. The fourth-order valence-electron chi connectivity index (χ4n) is 1.55. The Balaban J connectivity index is 2.36. The minimum absolute atomic E-state index is 0.00269. The highest BCUT2D eigenvalue weighted by Crippen LogP contribution is 2.16. The van der Waals surface area contributed by atoms with Gasteiger partial charge in [-0.1, -0.05) is 0 Å². The number of carbonyl (C=O) groups excluding carboxylic acids is 1. The van der Waals surface area contributed by atoms with Crippen LogP contribution in [0.4, 0.5) is 0 Å². The van der Waals surface area contributed by atoms with Gasteiger partial charge in [-0.3, -0.25) is 4.79 Å². The Morgan fingerprint density at radius 1 is 1.62 bits per heavy atom. The largest absolute Gasteiger partial charge is 0.384 e. The topological polar surface area (TPSA) is 58.6 Å². The quantitative estimate of drug-likeness (QED) is 0.626. The molecule has 13 heavy (non-hydrogen) atoms. The molecule has 0 radical (unpaired) electrons. The van der Waals surface area contributed by atoms with Crippen LogP contribution in [0.5, 0.6) is 0 Å². The first-order chi connectivity index (χ1) is 6.25. The first-order valence-electron chi connectivity index (χ1n) is 4.70. The molecule has 0 aromatic carbocycles. The van der Waals surface area contributed by atoms with Crippen LogP contribution in [0.25, 0.3) is 0 Å². The van der Waals surface area contributed by atoms with E-state index in [1.54, 1.807) is 7.05 Å². The molecule has 1 heterocycles. The lowest BCUT2D eigenvalue weighted by molar-refractivity contribution is -0.133. The average molecular weight is 187 g/mol. The van der Waals surface area contributed by atoms with Gasteiger partial charge in [0.05, 0.1) is 0 Å². The van der Waals surface area contributed by atoms with Gasteiger partial charge in [-0.05, 0) is 19.9 Å². The zero-order chi connectivity index (χ0) is 9.68. The summed E-state index contributed by atoms with van der Waals surface area (Å²) in [5.74, 6) is -0.0465. The number of likely N-dealkylation sites (N-methyl/N-ethyl adjacent to an activating group) is 1. The summed E-state index contributed by atoms with van der Waals surface area (Å²) in [6, 6.07) is 0. The van der Waals surface area contributed by atoms with E-state index in [1.165, 1.54) is 0 Å². The smallest absolute Gasteiger partial charge is 0.165 e. The van der Waals surface area contributed by atoms with E-state index in [0.29, 0.717) is 19.8 Å². The second-order valence-electron chi connectivity index (χ2n) is 3.36. The van der Waals surface area contributed by atoms with Crippen LogP contribution in [0, 0.1) is 5.92 Å². The lowest BCUT2D eigenvalue weighted by Gasteiger charge is -2.22. The first-order valence-corrected chi connectivity index (χ1v) is 4.70. The van der Waals surface area contributed by atoms with Gasteiger partial charge in [-0.25, -0.2) is 0 Å². The van der Waals surface area contributed by atoms with Gasteiger partial charge in [0, 0.05) is 25.7 Å². The van der Waals surface area contributed by atoms with Crippen LogP contribution in [-0.4, -0.2) is 43.8 Å². The van der Waals surface area contributed by atoms with Crippen molar-refractivity contribution < 1.29 is 14.6 Å². The third kappa shape index (κ3) is 3.06. The minimum atomic E-state index is -0.854. The molecule has 0 spiro atoms. The minimum Gasteiger partial charge on any atom is -0.384 e. The number of hydrogen-bond donors (Lipinski definition) is 2. The van der Waals surface area contributed by atoms with Gasteiger partial charge in [0.15, 0.2) is 5.78 Å². The van der Waals surface area contributed by atoms with Crippen molar-refractivity contribution in [2.24, 2.45) is 5.92 Å². The van der Waals surface area contributed by atoms with E-state index < -0.39 is 6.10 Å². The second kappa shape index (κ2) is 5.32. The summed E-state index contributed by atoms with van der Waals surface area (Å²) in [4.78, 5) is 11.5. The highest BCUT2D eigenvalue weighted by molar-refractivity contribution is 5.85. The molecule has 0 aromatic heterocycles. The predicted octanol–water partition coefficient (Wildman–Crippen LogP) is -0.438. The fraction of sp³-hybridized carbons (Fsp3) is 0.889. The summed E-state index contributed by atoms with van der Waals surface area (Å²) < 4.78 is 5.14. The lowest BCUT2D eigenvalue weighted by Crippen LogP contribution is -2.37. The summed E-state index contributed by atoms with van der Waals surface area (Å²) in [5.41, 5.74) is 0. The maximum atomic E-state index is 11.5. The molecule has 4 nitrogen and oxygen atoms in total. The molecular formula is C9H17NO3. The van der Waals surface area contributed by atoms with Crippen LogP contribution in [0.1, 0.15) is 12.8 Å². The number of aliphatic hydroxyl groups excluding tert-OH is 1. The zero-order valence-corrected chi connectivity index (χ0v) is 7.95. The molecule has 1 aliphatic rings. The summed E-state index contributed by atoms with van der Waals surface area (Å²) in [6.45, 7) is 1.63. The normalized spacial score (nSPS) is 21.4. The maximum Gasteiger partial charge on any atom is 0.165 e. The monoisotopic (exact) mass is 187 g/mol.